The maximum Gasteiger partial charge on any atom is 0.490 e. The van der Waals surface area contributed by atoms with Gasteiger partial charge in [0, 0.05) is 11.1 Å². The summed E-state index contributed by atoms with van der Waals surface area (Å²) in [7, 11) is -16.8. The zero-order valence-electron chi connectivity index (χ0n) is 16.6. The molecule has 0 radical (unpaired) electrons. The van der Waals surface area contributed by atoms with Crippen LogP contribution in [0.15, 0.2) is 34.8 Å². The van der Waals surface area contributed by atoms with Gasteiger partial charge in [0.2, 0.25) is 0 Å². The molecule has 0 saturated carbocycles. The van der Waals surface area contributed by atoms with E-state index in [1.165, 1.54) is 19.2 Å². The van der Waals surface area contributed by atoms with Crippen molar-refractivity contribution in [3.63, 3.8) is 0 Å². The van der Waals surface area contributed by atoms with Gasteiger partial charge < -0.3 is 30.0 Å². The second kappa shape index (κ2) is 9.39. The van der Waals surface area contributed by atoms with E-state index in [9.17, 15) is 28.3 Å². The van der Waals surface area contributed by atoms with Crippen LogP contribution in [-0.4, -0.2) is 46.9 Å². The summed E-state index contributed by atoms with van der Waals surface area (Å²) in [5.74, 6) is -0.0950. The van der Waals surface area contributed by atoms with E-state index < -0.39 is 53.1 Å². The Morgan fingerprint density at radius 3 is 2.55 bits per heavy atom. The molecule has 1 aromatic heterocycles. The lowest BCUT2D eigenvalue weighted by Gasteiger charge is -2.27. The number of rotatable bonds is 10. The molecule has 1 aliphatic heterocycles. The van der Waals surface area contributed by atoms with Crippen LogP contribution in [0.3, 0.4) is 0 Å². The Balaban J connectivity index is 2.31. The first kappa shape index (κ1) is 27.3. The van der Waals surface area contributed by atoms with E-state index in [0.29, 0.717) is 0 Å². The first-order valence-electron chi connectivity index (χ1n) is 8.46. The van der Waals surface area contributed by atoms with Crippen molar-refractivity contribution in [2.75, 3.05) is 12.3 Å². The van der Waals surface area contributed by atoms with Crippen molar-refractivity contribution in [3.8, 4) is 0 Å². The van der Waals surface area contributed by atoms with E-state index in [-0.39, 0.29) is 12.2 Å². The summed E-state index contributed by atoms with van der Waals surface area (Å²) in [6.45, 7) is 4.01. The summed E-state index contributed by atoms with van der Waals surface area (Å²) >= 11 is 0. The number of aromatic nitrogens is 2. The Morgan fingerprint density at radius 2 is 2.03 bits per heavy atom. The molecule has 1 aliphatic rings. The van der Waals surface area contributed by atoms with Crippen molar-refractivity contribution in [3.05, 3.63) is 45.8 Å². The summed E-state index contributed by atoms with van der Waals surface area (Å²) in [6, 6.07) is 1.27. The molecule has 2 rings (SSSR count). The van der Waals surface area contributed by atoms with Crippen LogP contribution in [0.1, 0.15) is 19.6 Å². The molecule has 0 spiro atoms. The number of phosphoric acid groups is 3. The third-order valence-corrected chi connectivity index (χ3v) is 7.96. The van der Waals surface area contributed by atoms with Crippen molar-refractivity contribution in [1.82, 2.24) is 9.55 Å². The molecule has 0 aromatic carbocycles. The Bertz CT molecular complexity index is 1180. The minimum Gasteiger partial charge on any atom is -0.383 e. The molecule has 2 unspecified atom stereocenters. The lowest BCUT2D eigenvalue weighted by atomic mass is 9.89. The van der Waals surface area contributed by atoms with Gasteiger partial charge in [-0.25, -0.2) is 18.5 Å². The zero-order chi connectivity index (χ0) is 25.3. The number of phosphoric ester groups is 1. The van der Waals surface area contributed by atoms with Crippen LogP contribution < -0.4 is 11.4 Å². The smallest absolute Gasteiger partial charge is 0.383 e. The van der Waals surface area contributed by atoms with Gasteiger partial charge in [-0.2, -0.15) is 13.6 Å². The molecule has 0 amide bonds. The number of hydrogen-bond donors (Lipinski definition) is 5. The van der Waals surface area contributed by atoms with Gasteiger partial charge in [-0.05, 0) is 24.9 Å². The molecule has 21 heteroatoms. The highest BCUT2D eigenvalue weighted by Gasteiger charge is 2.54. The van der Waals surface area contributed by atoms with Crippen LogP contribution in [0, 0.1) is 0 Å². The number of nitrogens with two attached hydrogens (primary N) is 1. The van der Waals surface area contributed by atoms with E-state index in [0.717, 1.165) is 10.6 Å². The van der Waals surface area contributed by atoms with Gasteiger partial charge in [0.05, 0.1) is 12.1 Å². The lowest BCUT2D eigenvalue weighted by Crippen LogP contribution is -2.37. The molecule has 18 nitrogen and oxygen atoms in total. The first-order chi connectivity index (χ1) is 15.0. The molecule has 2 heterocycles. The first-order valence-corrected chi connectivity index (χ1v) is 13.0. The highest BCUT2D eigenvalue weighted by molar-refractivity contribution is 7.66. The number of hydrogen-bond acceptors (Lipinski definition) is 11. The fraction of sp³-hybridized carbons (Fsp3) is 0.500. The fourth-order valence-electron chi connectivity index (χ4n) is 2.99. The van der Waals surface area contributed by atoms with Gasteiger partial charge in [-0.15, -0.1) is 6.58 Å². The molecule has 184 valence electrons. The normalized spacial score (nSPS) is 28.9. The number of nitrogen functional groups attached to an aromatic ring is 1. The molecule has 6 N–H and O–H groups in total. The van der Waals surface area contributed by atoms with Crippen LogP contribution in [0.5, 0.6) is 0 Å². The largest absolute Gasteiger partial charge is 0.490 e. The van der Waals surface area contributed by atoms with E-state index in [1.807, 2.05) is 0 Å². The van der Waals surface area contributed by atoms with Gasteiger partial charge in [-0.3, -0.25) is 9.09 Å². The van der Waals surface area contributed by atoms with Crippen molar-refractivity contribution in [2.45, 2.75) is 30.7 Å². The van der Waals surface area contributed by atoms with E-state index in [4.69, 9.17) is 25.8 Å². The van der Waals surface area contributed by atoms with Crippen molar-refractivity contribution < 1.29 is 51.2 Å². The van der Waals surface area contributed by atoms with Crippen LogP contribution in [0.2, 0.25) is 0 Å². The maximum atomic E-state index is 12.3. The van der Waals surface area contributed by atoms with Gasteiger partial charge in [0.15, 0.2) is 6.23 Å². The molecular formula is C12H19N6O12P3. The average molecular weight is 532 g/mol. The topological polar surface area (TPSA) is 279 Å². The Morgan fingerprint density at radius 1 is 1.39 bits per heavy atom. The zero-order valence-corrected chi connectivity index (χ0v) is 19.3. The average Bonchev–Trinajstić information content (AvgIpc) is 2.91. The van der Waals surface area contributed by atoms with E-state index in [2.05, 4.69) is 34.7 Å². The third kappa shape index (κ3) is 7.04. The molecule has 1 fully saturated rings. The van der Waals surface area contributed by atoms with Crippen LogP contribution in [0.4, 0.5) is 5.82 Å². The summed E-state index contributed by atoms with van der Waals surface area (Å²) in [5, 5.41) is 3.64. The van der Waals surface area contributed by atoms with Crippen LogP contribution >= 0.6 is 23.5 Å². The second-order valence-corrected chi connectivity index (χ2v) is 11.3. The third-order valence-electron chi connectivity index (χ3n) is 4.17. The Labute approximate surface area is 184 Å². The number of azide groups is 1. The highest BCUT2D eigenvalue weighted by Crippen LogP contribution is 2.66. The predicted octanol–water partition coefficient (Wildman–Crippen LogP) is 1.08. The predicted molar refractivity (Wildman–Crippen MR) is 108 cm³/mol. The number of nitrogens with zero attached hydrogens (tertiary/aromatic N) is 5. The van der Waals surface area contributed by atoms with Gasteiger partial charge in [0.25, 0.3) is 0 Å². The SMILES string of the molecule is C=C[C@@]1(COP(=O)(O)OP(=O)(O)OP(=O)(O)O)C[C@@](C)(N=[N+]=[N-])[C@H](n2ccc(N)nc2=O)O1. The quantitative estimate of drug-likeness (QED) is 0.0927. The van der Waals surface area contributed by atoms with E-state index in [1.54, 1.807) is 0 Å². The van der Waals surface area contributed by atoms with Crippen molar-refractivity contribution >= 4 is 29.3 Å². The summed E-state index contributed by atoms with van der Waals surface area (Å²) in [6.07, 6.45) is 0.710. The molecule has 0 bridgehead atoms. The van der Waals surface area contributed by atoms with Gasteiger partial charge >= 0.3 is 29.2 Å². The van der Waals surface area contributed by atoms with Gasteiger partial charge in [0.1, 0.15) is 11.4 Å². The van der Waals surface area contributed by atoms with Crippen molar-refractivity contribution in [1.29, 1.82) is 0 Å². The minimum atomic E-state index is -5.73. The Kier molecular flexibility index (Phi) is 7.78. The lowest BCUT2D eigenvalue weighted by molar-refractivity contribution is -0.0772. The van der Waals surface area contributed by atoms with Crippen LogP contribution in [-0.2, 0) is 31.6 Å². The fourth-order valence-corrected chi connectivity index (χ4v) is 6.07. The minimum absolute atomic E-state index is 0.0950. The standard InChI is InChI=1S/C12H19N6O12P3/c1-3-12(7-27-32(23,24)30-33(25,26)29-31(20,21)22)6-11(2,16-17-14)9(28-12)18-5-4-8(13)15-10(18)19/h3-5,9H,1,6-7H2,2H3,(H,23,24)(H,25,26)(H2,13,15,19)(H2,20,21,22)/t9-,11-,12+/m1/s1. The van der Waals surface area contributed by atoms with E-state index >= 15 is 0 Å². The maximum absolute atomic E-state index is 12.3. The molecule has 33 heavy (non-hydrogen) atoms. The summed E-state index contributed by atoms with van der Waals surface area (Å²) in [5.41, 5.74) is 10.3. The monoisotopic (exact) mass is 532 g/mol. The number of ether oxygens (including phenoxy) is 1. The molecule has 0 aliphatic carbocycles. The second-order valence-electron chi connectivity index (χ2n) is 6.87. The molecule has 1 saturated heterocycles. The van der Waals surface area contributed by atoms with Crippen molar-refractivity contribution in [2.24, 2.45) is 5.11 Å². The Hall–Kier alpha value is -1.90. The molecule has 1 aromatic rings. The number of anilines is 1. The molecular weight excluding hydrogens is 513 g/mol. The highest BCUT2D eigenvalue weighted by atomic mass is 31.3. The van der Waals surface area contributed by atoms with Gasteiger partial charge in [-0.1, -0.05) is 11.2 Å². The molecule has 5 atom stereocenters. The summed E-state index contributed by atoms with van der Waals surface area (Å²) < 4.78 is 52.9. The van der Waals surface area contributed by atoms with Crippen LogP contribution in [0.25, 0.3) is 10.4 Å². The summed E-state index contributed by atoms with van der Waals surface area (Å²) in [4.78, 5) is 54.6.